The first-order valence-corrected chi connectivity index (χ1v) is 6.48. The van der Waals surface area contributed by atoms with Crippen LogP contribution in [0.3, 0.4) is 0 Å². The Balaban J connectivity index is 1.80. The maximum atomic E-state index is 11.9. The van der Waals surface area contributed by atoms with Gasteiger partial charge in [-0.3, -0.25) is 9.69 Å². The average Bonchev–Trinajstić information content (AvgIpc) is 2.78. The monoisotopic (exact) mass is 251 g/mol. The van der Waals surface area contributed by atoms with E-state index in [2.05, 4.69) is 22.5 Å². The zero-order valence-corrected chi connectivity index (χ0v) is 11.0. The van der Waals surface area contributed by atoms with Crippen LogP contribution >= 0.6 is 0 Å². The van der Waals surface area contributed by atoms with Gasteiger partial charge in [0.2, 0.25) is 5.91 Å². The van der Waals surface area contributed by atoms with Crippen molar-refractivity contribution in [2.75, 3.05) is 26.2 Å². The molecule has 0 bridgehead atoms. The largest absolute Gasteiger partial charge is 0.467 e. The summed E-state index contributed by atoms with van der Waals surface area (Å²) >= 11 is 0. The molecule has 2 heterocycles. The van der Waals surface area contributed by atoms with Gasteiger partial charge in [0, 0.05) is 19.1 Å². The number of amides is 1. The molecule has 1 atom stereocenters. The lowest BCUT2D eigenvalue weighted by atomic mass is 10.1. The van der Waals surface area contributed by atoms with Gasteiger partial charge >= 0.3 is 0 Å². The summed E-state index contributed by atoms with van der Waals surface area (Å²) < 4.78 is 5.27. The van der Waals surface area contributed by atoms with E-state index >= 15 is 0 Å². The van der Waals surface area contributed by atoms with Crippen molar-refractivity contribution < 1.29 is 9.21 Å². The molecule has 0 aromatic carbocycles. The van der Waals surface area contributed by atoms with E-state index in [1.807, 2.05) is 19.1 Å². The fourth-order valence-electron chi connectivity index (χ4n) is 2.11. The zero-order chi connectivity index (χ0) is 13.0. The van der Waals surface area contributed by atoms with Crippen LogP contribution in [-0.2, 0) is 4.79 Å². The molecular weight excluding hydrogens is 230 g/mol. The van der Waals surface area contributed by atoms with Crippen molar-refractivity contribution in [3.63, 3.8) is 0 Å². The summed E-state index contributed by atoms with van der Waals surface area (Å²) in [6.45, 7) is 7.33. The maximum Gasteiger partial charge on any atom is 0.234 e. The van der Waals surface area contributed by atoms with E-state index in [4.69, 9.17) is 4.42 Å². The van der Waals surface area contributed by atoms with Crippen molar-refractivity contribution in [3.05, 3.63) is 24.2 Å². The Morgan fingerprint density at radius 2 is 2.44 bits per heavy atom. The molecular formula is C13H21N3O2. The predicted molar refractivity (Wildman–Crippen MR) is 69.2 cm³/mol. The van der Waals surface area contributed by atoms with E-state index in [1.54, 1.807) is 6.26 Å². The number of carbonyl (C=O) groups is 1. The van der Waals surface area contributed by atoms with Crippen molar-refractivity contribution in [2.45, 2.75) is 25.9 Å². The number of hydrogen-bond donors (Lipinski definition) is 2. The molecule has 0 radical (unpaired) electrons. The van der Waals surface area contributed by atoms with E-state index in [9.17, 15) is 4.79 Å². The molecule has 100 valence electrons. The van der Waals surface area contributed by atoms with Gasteiger partial charge in [-0.1, -0.05) is 6.92 Å². The molecule has 0 aliphatic carbocycles. The standard InChI is InChI=1S/C13H21N3O2/c1-3-16(11-7-14-8-11)9-13(17)15-10(2)12-5-4-6-18-12/h4-6,10-11,14H,3,7-9H2,1-2H3,(H,15,17). The Bertz CT molecular complexity index is 374. The zero-order valence-electron chi connectivity index (χ0n) is 11.0. The topological polar surface area (TPSA) is 57.5 Å². The minimum absolute atomic E-state index is 0.0488. The van der Waals surface area contributed by atoms with E-state index in [-0.39, 0.29) is 11.9 Å². The molecule has 1 unspecified atom stereocenters. The lowest BCUT2D eigenvalue weighted by molar-refractivity contribution is -0.123. The van der Waals surface area contributed by atoms with Crippen LogP contribution in [0, 0.1) is 0 Å². The number of carbonyl (C=O) groups excluding carboxylic acids is 1. The summed E-state index contributed by atoms with van der Waals surface area (Å²) in [5.74, 6) is 0.837. The molecule has 1 amide bonds. The number of rotatable bonds is 6. The third-order valence-corrected chi connectivity index (χ3v) is 3.38. The molecule has 1 aliphatic heterocycles. The molecule has 18 heavy (non-hydrogen) atoms. The Morgan fingerprint density at radius 1 is 1.67 bits per heavy atom. The van der Waals surface area contributed by atoms with Crippen LogP contribution in [0.5, 0.6) is 0 Å². The van der Waals surface area contributed by atoms with Crippen molar-refractivity contribution in [3.8, 4) is 0 Å². The van der Waals surface area contributed by atoms with Crippen molar-refractivity contribution >= 4 is 5.91 Å². The van der Waals surface area contributed by atoms with E-state index in [0.717, 1.165) is 25.4 Å². The molecule has 2 N–H and O–H groups in total. The fraction of sp³-hybridized carbons (Fsp3) is 0.615. The summed E-state index contributed by atoms with van der Waals surface area (Å²) in [6, 6.07) is 4.12. The second-order valence-corrected chi connectivity index (χ2v) is 4.68. The first-order valence-electron chi connectivity index (χ1n) is 6.48. The van der Waals surface area contributed by atoms with Crippen LogP contribution in [0.4, 0.5) is 0 Å². The Morgan fingerprint density at radius 3 is 2.94 bits per heavy atom. The molecule has 0 saturated carbocycles. The molecule has 1 aliphatic rings. The highest BCUT2D eigenvalue weighted by atomic mass is 16.3. The first-order chi connectivity index (χ1) is 8.70. The predicted octanol–water partition coefficient (Wildman–Crippen LogP) is 0.750. The van der Waals surface area contributed by atoms with Gasteiger partial charge in [0.1, 0.15) is 5.76 Å². The Labute approximate surface area is 108 Å². The highest BCUT2D eigenvalue weighted by molar-refractivity contribution is 5.78. The molecule has 1 saturated heterocycles. The second kappa shape index (κ2) is 6.02. The molecule has 1 fully saturated rings. The summed E-state index contributed by atoms with van der Waals surface area (Å²) in [4.78, 5) is 14.1. The van der Waals surface area contributed by atoms with Gasteiger partial charge in [-0.25, -0.2) is 0 Å². The van der Waals surface area contributed by atoms with Crippen LogP contribution in [0.1, 0.15) is 25.6 Å². The molecule has 2 rings (SSSR count). The van der Waals surface area contributed by atoms with Crippen molar-refractivity contribution in [1.29, 1.82) is 0 Å². The first kappa shape index (κ1) is 13.1. The number of hydrogen-bond acceptors (Lipinski definition) is 4. The second-order valence-electron chi connectivity index (χ2n) is 4.68. The minimum Gasteiger partial charge on any atom is -0.467 e. The van der Waals surface area contributed by atoms with Crippen molar-refractivity contribution in [2.24, 2.45) is 0 Å². The van der Waals surface area contributed by atoms with Crippen LogP contribution < -0.4 is 10.6 Å². The molecule has 5 nitrogen and oxygen atoms in total. The minimum atomic E-state index is -0.0780. The lowest BCUT2D eigenvalue weighted by Gasteiger charge is -2.37. The molecule has 5 heteroatoms. The molecule has 1 aromatic heterocycles. The number of nitrogens with one attached hydrogen (secondary N) is 2. The summed E-state index contributed by atoms with van der Waals surface area (Å²) in [5, 5.41) is 6.18. The lowest BCUT2D eigenvalue weighted by Crippen LogP contribution is -2.58. The third kappa shape index (κ3) is 3.11. The maximum absolute atomic E-state index is 11.9. The van der Waals surface area contributed by atoms with Gasteiger partial charge in [0.25, 0.3) is 0 Å². The van der Waals surface area contributed by atoms with Gasteiger partial charge in [0.05, 0.1) is 18.8 Å². The van der Waals surface area contributed by atoms with Crippen LogP contribution in [0.2, 0.25) is 0 Å². The van der Waals surface area contributed by atoms with E-state index < -0.39 is 0 Å². The number of nitrogens with zero attached hydrogens (tertiary/aromatic N) is 1. The van der Waals surface area contributed by atoms with Crippen LogP contribution in [0.15, 0.2) is 22.8 Å². The summed E-state index contributed by atoms with van der Waals surface area (Å²) in [5.41, 5.74) is 0. The SMILES string of the molecule is CCN(CC(=O)NC(C)c1ccco1)C1CNC1. The van der Waals surface area contributed by atoms with Gasteiger partial charge < -0.3 is 15.1 Å². The normalized spacial score (nSPS) is 17.5. The number of likely N-dealkylation sites (N-methyl/N-ethyl adjacent to an activating group) is 1. The Kier molecular flexibility index (Phi) is 4.38. The smallest absolute Gasteiger partial charge is 0.234 e. The number of furan rings is 1. The van der Waals surface area contributed by atoms with E-state index in [0.29, 0.717) is 12.6 Å². The van der Waals surface area contributed by atoms with E-state index in [1.165, 1.54) is 0 Å². The van der Waals surface area contributed by atoms with Gasteiger partial charge in [-0.2, -0.15) is 0 Å². The quantitative estimate of drug-likeness (QED) is 0.783. The Hall–Kier alpha value is -1.33. The van der Waals surface area contributed by atoms with Crippen LogP contribution in [-0.4, -0.2) is 43.0 Å². The third-order valence-electron chi connectivity index (χ3n) is 3.38. The fourth-order valence-corrected chi connectivity index (χ4v) is 2.11. The van der Waals surface area contributed by atoms with Crippen molar-refractivity contribution in [1.82, 2.24) is 15.5 Å². The molecule has 1 aromatic rings. The average molecular weight is 251 g/mol. The highest BCUT2D eigenvalue weighted by Crippen LogP contribution is 2.12. The highest BCUT2D eigenvalue weighted by Gasteiger charge is 2.25. The van der Waals surface area contributed by atoms with Crippen LogP contribution in [0.25, 0.3) is 0 Å². The summed E-state index contributed by atoms with van der Waals surface area (Å²) in [6.07, 6.45) is 1.62. The van der Waals surface area contributed by atoms with Gasteiger partial charge in [-0.15, -0.1) is 0 Å². The van der Waals surface area contributed by atoms with Gasteiger partial charge in [0.15, 0.2) is 0 Å². The summed E-state index contributed by atoms with van der Waals surface area (Å²) in [7, 11) is 0. The molecule has 0 spiro atoms. The van der Waals surface area contributed by atoms with Gasteiger partial charge in [-0.05, 0) is 25.6 Å².